The van der Waals surface area contributed by atoms with Crippen molar-refractivity contribution in [2.45, 2.75) is 13.0 Å². The standard InChI is InChI=1S/C21H23NO5/c1-13(23)12-22-17-11-20(14-5-7-19(25-3)21(9-14)26-4)27-18-8-6-15(24-2)10-16(17)18/h5-11,13,23H,12H2,1-4H3. The van der Waals surface area contributed by atoms with Crippen LogP contribution in [0.25, 0.3) is 22.3 Å². The lowest BCUT2D eigenvalue weighted by molar-refractivity contribution is 0.203. The summed E-state index contributed by atoms with van der Waals surface area (Å²) in [5.41, 5.74) is 1.51. The van der Waals surface area contributed by atoms with Crippen molar-refractivity contribution in [1.29, 1.82) is 0 Å². The Hall–Kier alpha value is -2.99. The van der Waals surface area contributed by atoms with Crippen molar-refractivity contribution in [3.63, 3.8) is 0 Å². The van der Waals surface area contributed by atoms with Gasteiger partial charge in [-0.05, 0) is 43.3 Å². The number of rotatable bonds is 6. The van der Waals surface area contributed by atoms with E-state index in [1.54, 1.807) is 28.3 Å². The summed E-state index contributed by atoms with van der Waals surface area (Å²) in [4.78, 5) is 4.55. The zero-order valence-electron chi connectivity index (χ0n) is 15.9. The fourth-order valence-electron chi connectivity index (χ4n) is 2.77. The van der Waals surface area contributed by atoms with Gasteiger partial charge in [0.05, 0.1) is 39.3 Å². The van der Waals surface area contributed by atoms with Gasteiger partial charge in [0.2, 0.25) is 0 Å². The van der Waals surface area contributed by atoms with Gasteiger partial charge in [-0.3, -0.25) is 4.99 Å². The van der Waals surface area contributed by atoms with Crippen LogP contribution in [0.4, 0.5) is 0 Å². The van der Waals surface area contributed by atoms with Crippen LogP contribution >= 0.6 is 0 Å². The maximum Gasteiger partial charge on any atom is 0.161 e. The van der Waals surface area contributed by atoms with E-state index < -0.39 is 6.10 Å². The number of ether oxygens (including phenoxy) is 3. The summed E-state index contributed by atoms with van der Waals surface area (Å²) in [5, 5.41) is 11.2. The van der Waals surface area contributed by atoms with Crippen molar-refractivity contribution >= 4 is 11.0 Å². The number of hydrogen-bond donors (Lipinski definition) is 1. The molecule has 0 saturated heterocycles. The lowest BCUT2D eigenvalue weighted by Gasteiger charge is -2.10. The molecule has 1 unspecified atom stereocenters. The summed E-state index contributed by atoms with van der Waals surface area (Å²) in [6.07, 6.45) is -0.535. The Balaban J connectivity index is 2.21. The topological polar surface area (TPSA) is 73.4 Å². The summed E-state index contributed by atoms with van der Waals surface area (Å²) < 4.78 is 22.1. The van der Waals surface area contributed by atoms with Crippen LogP contribution in [0.1, 0.15) is 6.92 Å². The van der Waals surface area contributed by atoms with Gasteiger partial charge in [0.15, 0.2) is 11.5 Å². The molecule has 0 fully saturated rings. The number of benzene rings is 2. The van der Waals surface area contributed by atoms with Gasteiger partial charge < -0.3 is 23.7 Å². The Labute approximate surface area is 157 Å². The van der Waals surface area contributed by atoms with Gasteiger partial charge in [-0.25, -0.2) is 0 Å². The molecule has 1 aromatic heterocycles. The second kappa shape index (κ2) is 8.14. The normalized spacial score (nSPS) is 12.9. The maximum absolute atomic E-state index is 9.63. The van der Waals surface area contributed by atoms with E-state index in [1.807, 2.05) is 42.5 Å². The van der Waals surface area contributed by atoms with E-state index in [2.05, 4.69) is 4.99 Å². The maximum atomic E-state index is 9.63. The molecule has 3 aromatic rings. The van der Waals surface area contributed by atoms with Crippen LogP contribution in [0, 0.1) is 0 Å². The molecule has 27 heavy (non-hydrogen) atoms. The van der Waals surface area contributed by atoms with Crippen molar-refractivity contribution in [3.8, 4) is 28.6 Å². The van der Waals surface area contributed by atoms with E-state index in [4.69, 9.17) is 18.6 Å². The molecule has 2 aromatic carbocycles. The molecule has 3 rings (SSSR count). The average molecular weight is 369 g/mol. The molecule has 0 amide bonds. The largest absolute Gasteiger partial charge is 0.497 e. The van der Waals surface area contributed by atoms with Crippen molar-refractivity contribution in [3.05, 3.63) is 47.8 Å². The van der Waals surface area contributed by atoms with Crippen LogP contribution in [0.3, 0.4) is 0 Å². The zero-order chi connectivity index (χ0) is 19.4. The predicted octanol–water partition coefficient (Wildman–Crippen LogP) is 3.41. The molecular weight excluding hydrogens is 346 g/mol. The number of aliphatic hydroxyl groups excluding tert-OH is 1. The number of nitrogens with zero attached hydrogens (tertiary/aromatic N) is 1. The molecule has 0 saturated carbocycles. The third-order valence-corrected chi connectivity index (χ3v) is 4.14. The Bertz CT molecular complexity index is 1010. The van der Waals surface area contributed by atoms with Gasteiger partial charge >= 0.3 is 0 Å². The van der Waals surface area contributed by atoms with E-state index in [-0.39, 0.29) is 0 Å². The Kier molecular flexibility index (Phi) is 5.66. The molecule has 142 valence electrons. The molecule has 1 N–H and O–H groups in total. The molecule has 0 aliphatic heterocycles. The van der Waals surface area contributed by atoms with Gasteiger partial charge in [0.1, 0.15) is 17.1 Å². The molecular formula is C21H23NO5. The second-order valence-corrected chi connectivity index (χ2v) is 6.12. The number of fused-ring (bicyclic) bond motifs is 1. The van der Waals surface area contributed by atoms with Crippen LogP contribution in [0.5, 0.6) is 17.2 Å². The van der Waals surface area contributed by atoms with Crippen molar-refractivity contribution in [2.24, 2.45) is 4.99 Å². The van der Waals surface area contributed by atoms with Crippen LogP contribution in [0.15, 0.2) is 51.9 Å². The van der Waals surface area contributed by atoms with Crippen LogP contribution in [0.2, 0.25) is 0 Å². The minimum Gasteiger partial charge on any atom is -0.497 e. The first-order valence-corrected chi connectivity index (χ1v) is 8.58. The highest BCUT2D eigenvalue weighted by Gasteiger charge is 2.11. The second-order valence-electron chi connectivity index (χ2n) is 6.12. The summed E-state index contributed by atoms with van der Waals surface area (Å²) in [5.74, 6) is 2.61. The van der Waals surface area contributed by atoms with Crippen LogP contribution in [-0.4, -0.2) is 39.1 Å². The monoisotopic (exact) mass is 369 g/mol. The third-order valence-electron chi connectivity index (χ3n) is 4.14. The highest BCUT2D eigenvalue weighted by atomic mass is 16.5. The summed E-state index contributed by atoms with van der Waals surface area (Å²) in [7, 11) is 4.80. The molecule has 6 nitrogen and oxygen atoms in total. The van der Waals surface area contributed by atoms with E-state index >= 15 is 0 Å². The lowest BCUT2D eigenvalue weighted by Crippen LogP contribution is -2.11. The van der Waals surface area contributed by atoms with Crippen molar-refractivity contribution < 1.29 is 23.7 Å². The minimum absolute atomic E-state index is 0.293. The molecule has 0 bridgehead atoms. The SMILES string of the molecule is COc1ccc2oc(-c3ccc(OC)c(OC)c3)cc(=NCC(C)O)c2c1. The first kappa shape index (κ1) is 18.8. The quantitative estimate of drug-likeness (QED) is 0.721. The lowest BCUT2D eigenvalue weighted by atomic mass is 10.1. The van der Waals surface area contributed by atoms with E-state index in [0.29, 0.717) is 35.1 Å². The third kappa shape index (κ3) is 4.06. The summed E-state index contributed by atoms with van der Waals surface area (Å²) in [6, 6.07) is 13.0. The predicted molar refractivity (Wildman–Crippen MR) is 103 cm³/mol. The van der Waals surface area contributed by atoms with Gasteiger partial charge in [-0.2, -0.15) is 0 Å². The Morgan fingerprint density at radius 1 is 0.963 bits per heavy atom. The van der Waals surface area contributed by atoms with Gasteiger partial charge in [0.25, 0.3) is 0 Å². The summed E-state index contributed by atoms with van der Waals surface area (Å²) >= 11 is 0. The number of aliphatic hydroxyl groups is 1. The van der Waals surface area contributed by atoms with Crippen LogP contribution < -0.4 is 19.6 Å². The molecule has 0 aliphatic rings. The van der Waals surface area contributed by atoms with Crippen molar-refractivity contribution in [2.75, 3.05) is 27.9 Å². The van der Waals surface area contributed by atoms with Gasteiger partial charge in [-0.1, -0.05) is 0 Å². The molecule has 0 spiro atoms. The Morgan fingerprint density at radius 3 is 2.41 bits per heavy atom. The molecule has 1 atom stereocenters. The molecule has 6 heteroatoms. The molecule has 0 radical (unpaired) electrons. The van der Waals surface area contributed by atoms with Gasteiger partial charge in [-0.15, -0.1) is 0 Å². The highest BCUT2D eigenvalue weighted by Crippen LogP contribution is 2.33. The number of methoxy groups -OCH3 is 3. The fourth-order valence-corrected chi connectivity index (χ4v) is 2.77. The molecule has 1 heterocycles. The number of hydrogen-bond acceptors (Lipinski definition) is 6. The zero-order valence-corrected chi connectivity index (χ0v) is 15.9. The molecule has 0 aliphatic carbocycles. The van der Waals surface area contributed by atoms with Crippen molar-refractivity contribution in [1.82, 2.24) is 0 Å². The van der Waals surface area contributed by atoms with Crippen LogP contribution in [-0.2, 0) is 0 Å². The average Bonchev–Trinajstić information content (AvgIpc) is 2.70. The highest BCUT2D eigenvalue weighted by molar-refractivity contribution is 5.80. The van der Waals surface area contributed by atoms with E-state index in [1.165, 1.54) is 0 Å². The smallest absolute Gasteiger partial charge is 0.161 e. The first-order chi connectivity index (χ1) is 13.0. The Morgan fingerprint density at radius 2 is 1.74 bits per heavy atom. The fraction of sp³-hybridized carbons (Fsp3) is 0.286. The summed E-state index contributed by atoms with van der Waals surface area (Å²) in [6.45, 7) is 2.00. The minimum atomic E-state index is -0.535. The van der Waals surface area contributed by atoms with E-state index in [0.717, 1.165) is 16.3 Å². The van der Waals surface area contributed by atoms with E-state index in [9.17, 15) is 5.11 Å². The van der Waals surface area contributed by atoms with Gasteiger partial charge in [0, 0.05) is 17.0 Å². The first-order valence-electron chi connectivity index (χ1n) is 8.58.